The average Bonchev–Trinajstić information content (AvgIpc) is 2.30. The van der Waals surface area contributed by atoms with Gasteiger partial charge < -0.3 is 0 Å². The highest BCUT2D eigenvalue weighted by atomic mass is 13.5. The molecule has 0 aromatic carbocycles. The van der Waals surface area contributed by atoms with Crippen LogP contribution in [0, 0.1) is 0 Å². The minimum atomic E-state index is 1.75. The second-order valence-electron chi connectivity index (χ2n) is 0.761. The van der Waals surface area contributed by atoms with E-state index < -0.39 is 0 Å². The molecular formula is C13H30. The molecule has 0 bridgehead atoms. The van der Waals surface area contributed by atoms with Gasteiger partial charge in [0.2, 0.25) is 0 Å². The zero-order chi connectivity index (χ0) is 12.1. The maximum atomic E-state index is 3.46. The Balaban J connectivity index is -0.0000000230. The molecule has 0 aromatic heterocycles. The average molecular weight is 186 g/mol. The van der Waals surface area contributed by atoms with Crippen LogP contribution in [-0.4, -0.2) is 0 Å². The lowest BCUT2D eigenvalue weighted by Crippen LogP contribution is -1.33. The van der Waals surface area contributed by atoms with Gasteiger partial charge in [0.25, 0.3) is 0 Å². The van der Waals surface area contributed by atoms with Crippen molar-refractivity contribution in [3.05, 3.63) is 38.0 Å². The monoisotopic (exact) mass is 186 g/mol. The molecule has 0 aliphatic heterocycles. The molecular weight excluding hydrogens is 156 g/mol. The van der Waals surface area contributed by atoms with E-state index in [2.05, 4.69) is 19.7 Å². The summed E-state index contributed by atoms with van der Waals surface area (Å²) >= 11 is 0. The maximum Gasteiger partial charge on any atom is -0.0467 e. The fourth-order valence-electron chi connectivity index (χ4n) is 0.136. The largest absolute Gasteiger partial charge is 0.106 e. The SMILES string of the molecule is C=C.C=C/C=C\C.CC.CC.CC. The minimum Gasteiger partial charge on any atom is -0.106 e. The summed E-state index contributed by atoms with van der Waals surface area (Å²) in [6.07, 6.45) is 5.58. The van der Waals surface area contributed by atoms with Crippen LogP contribution in [0.4, 0.5) is 0 Å². The number of allylic oxidation sites excluding steroid dienone is 3. The molecule has 0 fully saturated rings. The lowest BCUT2D eigenvalue weighted by molar-refractivity contribution is 1.50. The Kier molecular flexibility index (Phi) is 540. The van der Waals surface area contributed by atoms with Crippen LogP contribution in [0.25, 0.3) is 0 Å². The third-order valence-electron chi connectivity index (χ3n) is 0.329. The molecule has 0 atom stereocenters. The van der Waals surface area contributed by atoms with Gasteiger partial charge in [-0.3, -0.25) is 0 Å². The molecule has 0 heteroatoms. The quantitative estimate of drug-likeness (QED) is 0.368. The van der Waals surface area contributed by atoms with Gasteiger partial charge in [0.1, 0.15) is 0 Å². The second kappa shape index (κ2) is 238. The third-order valence-corrected chi connectivity index (χ3v) is 0.329. The summed E-state index contributed by atoms with van der Waals surface area (Å²) in [7, 11) is 0. The Bertz CT molecular complexity index is 51.1. The standard InChI is InChI=1S/C5H8.3C2H6.C2H4/c1-3-5-4-2;4*1-2/h3-5H,1H2,2H3;3*1-2H3;1-2H2/b5-4-;;;;. The normalized spacial score (nSPS) is 5.15. The van der Waals surface area contributed by atoms with E-state index in [0.717, 1.165) is 0 Å². The van der Waals surface area contributed by atoms with Gasteiger partial charge in [-0.2, -0.15) is 0 Å². The van der Waals surface area contributed by atoms with Gasteiger partial charge in [0.15, 0.2) is 0 Å². The summed E-state index contributed by atoms with van der Waals surface area (Å²) in [5, 5.41) is 0. The van der Waals surface area contributed by atoms with E-state index in [1.54, 1.807) is 6.08 Å². The fourth-order valence-corrected chi connectivity index (χ4v) is 0.136. The van der Waals surface area contributed by atoms with E-state index in [0.29, 0.717) is 0 Å². The van der Waals surface area contributed by atoms with Crippen LogP contribution in [0.1, 0.15) is 48.5 Å². The van der Waals surface area contributed by atoms with E-state index in [1.165, 1.54) is 0 Å². The molecule has 0 aliphatic rings. The zero-order valence-corrected chi connectivity index (χ0v) is 10.9. The van der Waals surface area contributed by atoms with E-state index in [4.69, 9.17) is 0 Å². The van der Waals surface area contributed by atoms with Gasteiger partial charge in [-0.1, -0.05) is 66.3 Å². The molecule has 0 saturated carbocycles. The molecule has 13 heavy (non-hydrogen) atoms. The van der Waals surface area contributed by atoms with Crippen molar-refractivity contribution in [1.29, 1.82) is 0 Å². The Morgan fingerprint density at radius 1 is 0.769 bits per heavy atom. The van der Waals surface area contributed by atoms with Crippen molar-refractivity contribution < 1.29 is 0 Å². The summed E-state index contributed by atoms with van der Waals surface area (Å²) in [5.41, 5.74) is 0. The maximum absolute atomic E-state index is 3.46. The molecule has 0 aliphatic carbocycles. The molecule has 0 nitrogen and oxygen atoms in total. The van der Waals surface area contributed by atoms with Crippen molar-refractivity contribution in [3.8, 4) is 0 Å². The third kappa shape index (κ3) is 641. The van der Waals surface area contributed by atoms with Crippen LogP contribution in [0.15, 0.2) is 38.0 Å². The molecule has 0 radical (unpaired) electrons. The zero-order valence-electron chi connectivity index (χ0n) is 10.9. The highest BCUT2D eigenvalue weighted by molar-refractivity contribution is 4.94. The molecule has 0 spiro atoms. The van der Waals surface area contributed by atoms with Crippen LogP contribution in [0.3, 0.4) is 0 Å². The highest BCUT2D eigenvalue weighted by Crippen LogP contribution is 1.64. The lowest BCUT2D eigenvalue weighted by Gasteiger charge is -1.56. The summed E-state index contributed by atoms with van der Waals surface area (Å²) in [6, 6.07) is 0. The Labute approximate surface area is 87.1 Å². The molecule has 0 saturated heterocycles. The predicted molar refractivity (Wildman–Crippen MR) is 70.3 cm³/mol. The smallest absolute Gasteiger partial charge is 0.0467 e. The van der Waals surface area contributed by atoms with Gasteiger partial charge in [-0.15, -0.1) is 13.2 Å². The van der Waals surface area contributed by atoms with Crippen LogP contribution in [-0.2, 0) is 0 Å². The van der Waals surface area contributed by atoms with Crippen molar-refractivity contribution in [2.24, 2.45) is 0 Å². The van der Waals surface area contributed by atoms with Crippen molar-refractivity contribution in [2.45, 2.75) is 48.5 Å². The van der Waals surface area contributed by atoms with Crippen molar-refractivity contribution in [2.75, 3.05) is 0 Å². The van der Waals surface area contributed by atoms with Crippen molar-refractivity contribution in [3.63, 3.8) is 0 Å². The van der Waals surface area contributed by atoms with Gasteiger partial charge in [0, 0.05) is 0 Å². The molecule has 0 rings (SSSR count). The highest BCUT2D eigenvalue weighted by Gasteiger charge is 1.42. The fraction of sp³-hybridized carbons (Fsp3) is 0.538. The first-order valence-corrected chi connectivity index (χ1v) is 5.15. The second-order valence-corrected chi connectivity index (χ2v) is 0.761. The number of rotatable bonds is 1. The predicted octanol–water partition coefficient (Wildman–Crippen LogP) is 5.63. The topological polar surface area (TPSA) is 0 Å². The van der Waals surface area contributed by atoms with Crippen LogP contribution in [0.2, 0.25) is 0 Å². The van der Waals surface area contributed by atoms with E-state index in [9.17, 15) is 0 Å². The molecule has 0 unspecified atom stereocenters. The summed E-state index contributed by atoms with van der Waals surface area (Å²) in [6.45, 7) is 23.4. The Hall–Kier alpha value is -0.780. The van der Waals surface area contributed by atoms with Gasteiger partial charge in [0.05, 0.1) is 0 Å². The van der Waals surface area contributed by atoms with Gasteiger partial charge >= 0.3 is 0 Å². The summed E-state index contributed by atoms with van der Waals surface area (Å²) in [5.74, 6) is 0. The molecule has 0 amide bonds. The molecule has 0 aromatic rings. The van der Waals surface area contributed by atoms with Crippen LogP contribution >= 0.6 is 0 Å². The Morgan fingerprint density at radius 3 is 1.00 bits per heavy atom. The van der Waals surface area contributed by atoms with Crippen molar-refractivity contribution in [1.82, 2.24) is 0 Å². The first-order chi connectivity index (χ1) is 6.41. The first kappa shape index (κ1) is 29.5. The lowest BCUT2D eigenvalue weighted by atomic mass is 10.5. The number of hydrogen-bond donors (Lipinski definition) is 0. The van der Waals surface area contributed by atoms with E-state index in [1.807, 2.05) is 60.6 Å². The van der Waals surface area contributed by atoms with Crippen LogP contribution in [0.5, 0.6) is 0 Å². The van der Waals surface area contributed by atoms with Crippen LogP contribution < -0.4 is 0 Å². The van der Waals surface area contributed by atoms with E-state index in [-0.39, 0.29) is 0 Å². The van der Waals surface area contributed by atoms with Gasteiger partial charge in [-0.25, -0.2) is 0 Å². The van der Waals surface area contributed by atoms with Crippen molar-refractivity contribution >= 4 is 0 Å². The number of hydrogen-bond acceptors (Lipinski definition) is 0. The van der Waals surface area contributed by atoms with E-state index >= 15 is 0 Å². The van der Waals surface area contributed by atoms with Gasteiger partial charge in [-0.05, 0) is 6.92 Å². The minimum absolute atomic E-state index is 1.75. The Morgan fingerprint density at radius 2 is 1.00 bits per heavy atom. The summed E-state index contributed by atoms with van der Waals surface area (Å²) in [4.78, 5) is 0. The molecule has 0 heterocycles. The molecule has 0 N–H and O–H groups in total. The summed E-state index contributed by atoms with van der Waals surface area (Å²) < 4.78 is 0. The first-order valence-electron chi connectivity index (χ1n) is 5.15. The molecule has 82 valence electrons.